The van der Waals surface area contributed by atoms with Crippen molar-refractivity contribution in [2.45, 2.75) is 44.7 Å². The lowest BCUT2D eigenvalue weighted by Crippen LogP contribution is -2.66. The van der Waals surface area contributed by atoms with Crippen molar-refractivity contribution in [1.82, 2.24) is 19.3 Å². The molecule has 3 fully saturated rings. The molecule has 3 saturated heterocycles. The normalized spacial score (nSPS) is 25.7. The first kappa shape index (κ1) is 27.5. The van der Waals surface area contributed by atoms with E-state index in [-0.39, 0.29) is 24.3 Å². The molecule has 4 heterocycles. The summed E-state index contributed by atoms with van der Waals surface area (Å²) < 4.78 is 1.86. The van der Waals surface area contributed by atoms with Crippen LogP contribution in [0.1, 0.15) is 41.9 Å². The van der Waals surface area contributed by atoms with E-state index < -0.39 is 0 Å². The fraction of sp³-hybridized carbons (Fsp3) is 0.667. The van der Waals surface area contributed by atoms with Crippen molar-refractivity contribution >= 4 is 18.9 Å². The van der Waals surface area contributed by atoms with Crippen molar-refractivity contribution in [3.05, 3.63) is 33.7 Å². The van der Waals surface area contributed by atoms with Crippen LogP contribution < -0.4 is 5.43 Å². The van der Waals surface area contributed by atoms with E-state index in [9.17, 15) is 9.59 Å². The van der Waals surface area contributed by atoms with Crippen LogP contribution in [-0.2, 0) is 16.6 Å². The molecule has 34 heavy (non-hydrogen) atoms. The maximum Gasteiger partial charge on any atom is 0.290 e. The van der Waals surface area contributed by atoms with E-state index >= 15 is 0 Å². The molecule has 10 heteroatoms. The zero-order valence-electron chi connectivity index (χ0n) is 20.6. The van der Waals surface area contributed by atoms with Crippen LogP contribution in [0.2, 0.25) is 0 Å². The van der Waals surface area contributed by atoms with Gasteiger partial charge in [-0.3, -0.25) is 24.1 Å². The number of fused-ring (bicyclic) bond motifs is 4. The van der Waals surface area contributed by atoms with Crippen LogP contribution in [0.15, 0.2) is 16.9 Å². The highest BCUT2D eigenvalue weighted by atomic mass is 16.3. The second-order valence-corrected chi connectivity index (χ2v) is 9.58. The molecule has 3 aliphatic heterocycles. The molecule has 3 aliphatic rings. The van der Waals surface area contributed by atoms with E-state index in [0.29, 0.717) is 29.6 Å². The molecular weight excluding hydrogens is 440 g/mol. The Labute approximate surface area is 200 Å². The minimum Gasteiger partial charge on any atom is -0.483 e. The maximum absolute atomic E-state index is 13.4. The lowest BCUT2D eigenvalue weighted by atomic mass is 9.72. The monoisotopic (exact) mass is 478 g/mol. The Morgan fingerprint density at radius 3 is 2.35 bits per heavy atom. The van der Waals surface area contributed by atoms with Gasteiger partial charge in [0.2, 0.25) is 0 Å². The third kappa shape index (κ3) is 6.44. The van der Waals surface area contributed by atoms with Gasteiger partial charge in [0, 0.05) is 56.6 Å². The summed E-state index contributed by atoms with van der Waals surface area (Å²) in [6.45, 7) is 5.28. The minimum atomic E-state index is -0.250. The lowest BCUT2D eigenvalue weighted by molar-refractivity contribution is -0.123. The highest BCUT2D eigenvalue weighted by molar-refractivity contribution is 5.92. The van der Waals surface area contributed by atoms with Crippen LogP contribution in [0, 0.1) is 18.8 Å². The number of rotatable bonds is 3. The summed E-state index contributed by atoms with van der Waals surface area (Å²) >= 11 is 0. The number of likely N-dealkylation sites (N-methyl/N-ethyl adjacent to an activating group) is 1. The maximum atomic E-state index is 13.4. The van der Waals surface area contributed by atoms with E-state index in [0.717, 1.165) is 25.3 Å². The number of carbonyl (C=O) groups is 3. The molecule has 0 unspecified atom stereocenters. The van der Waals surface area contributed by atoms with Gasteiger partial charge in [0.05, 0.1) is 0 Å². The Hall–Kier alpha value is -2.72. The fourth-order valence-corrected chi connectivity index (χ4v) is 5.83. The van der Waals surface area contributed by atoms with E-state index in [1.165, 1.54) is 38.3 Å². The smallest absolute Gasteiger partial charge is 0.290 e. The van der Waals surface area contributed by atoms with Crippen LogP contribution in [-0.4, -0.2) is 101 Å². The summed E-state index contributed by atoms with van der Waals surface area (Å²) in [7, 11) is 6.18. The molecule has 1 aromatic heterocycles. The van der Waals surface area contributed by atoms with Gasteiger partial charge in [-0.2, -0.15) is 0 Å². The van der Waals surface area contributed by atoms with E-state index in [2.05, 4.69) is 23.9 Å². The number of hydrogen-bond acceptors (Lipinski definition) is 6. The number of pyridine rings is 1. The Kier molecular flexibility index (Phi) is 10.2. The van der Waals surface area contributed by atoms with Crippen molar-refractivity contribution in [2.75, 3.05) is 40.3 Å². The van der Waals surface area contributed by atoms with E-state index in [4.69, 9.17) is 19.8 Å². The predicted molar refractivity (Wildman–Crippen MR) is 128 cm³/mol. The first-order valence-electron chi connectivity index (χ1n) is 11.7. The van der Waals surface area contributed by atoms with Gasteiger partial charge in [0.1, 0.15) is 5.69 Å². The quantitative estimate of drug-likeness (QED) is 0.616. The number of piperidine rings is 3. The molecule has 4 rings (SSSR count). The highest BCUT2D eigenvalue weighted by Gasteiger charge is 2.48. The average molecular weight is 479 g/mol. The molecule has 2 bridgehead atoms. The molecule has 10 nitrogen and oxygen atoms in total. The van der Waals surface area contributed by atoms with Gasteiger partial charge in [-0.1, -0.05) is 6.42 Å². The van der Waals surface area contributed by atoms with Crippen LogP contribution >= 0.6 is 0 Å². The summed E-state index contributed by atoms with van der Waals surface area (Å²) in [5.74, 6) is 1.09. The summed E-state index contributed by atoms with van der Waals surface area (Å²) in [5, 5.41) is 13.8. The van der Waals surface area contributed by atoms with Crippen molar-refractivity contribution in [1.29, 1.82) is 0 Å². The number of likely N-dealkylation sites (tertiary alicyclic amines) is 1. The van der Waals surface area contributed by atoms with Crippen molar-refractivity contribution < 1.29 is 24.6 Å². The summed E-state index contributed by atoms with van der Waals surface area (Å²) in [6.07, 6.45) is 5.09. The Balaban J connectivity index is 0.000000618. The Bertz CT molecular complexity index is 896. The third-order valence-corrected chi connectivity index (χ3v) is 7.20. The molecule has 4 atom stereocenters. The molecule has 0 aliphatic carbocycles. The topological polar surface area (TPSA) is 123 Å². The molecule has 2 N–H and O–H groups in total. The van der Waals surface area contributed by atoms with Crippen LogP contribution in [0.25, 0.3) is 0 Å². The fourth-order valence-electron chi connectivity index (χ4n) is 5.83. The average Bonchev–Trinajstić information content (AvgIpc) is 2.79. The SMILES string of the molecule is Cc1cc(=O)cc(C(=O)N2C[C@H]3C[C@@H](C2)[C@H](CN(C)C)N2CCCC[C@@H]32)n1C.O=CO.O=CO. The standard InChI is InChI=1S/C22H34N4O2.2CH2O2/c1-15-9-18(27)11-20(24(15)4)22(28)25-12-16-10-17(13-25)21(14-23(2)3)26-8-6-5-7-19(16)26;2*2-1-3/h9,11,16-17,19,21H,5-8,10,12-14H2,1-4H3;2*1H,(H,2,3)/t16-,17+,19+,21+;;/m1../s1. The van der Waals surface area contributed by atoms with Gasteiger partial charge < -0.3 is 24.6 Å². The van der Waals surface area contributed by atoms with Gasteiger partial charge in [0.15, 0.2) is 5.43 Å². The molecular formula is C24H38N4O6. The summed E-state index contributed by atoms with van der Waals surface area (Å²) in [6, 6.07) is 4.22. The number of aryl methyl sites for hydroxylation is 1. The van der Waals surface area contributed by atoms with Crippen LogP contribution in [0.3, 0.4) is 0 Å². The van der Waals surface area contributed by atoms with Crippen molar-refractivity contribution in [3.8, 4) is 0 Å². The highest BCUT2D eigenvalue weighted by Crippen LogP contribution is 2.41. The minimum absolute atomic E-state index is 0.0193. The van der Waals surface area contributed by atoms with Gasteiger partial charge in [-0.15, -0.1) is 0 Å². The summed E-state index contributed by atoms with van der Waals surface area (Å²) in [4.78, 5) is 49.2. The largest absolute Gasteiger partial charge is 0.483 e. The first-order valence-corrected chi connectivity index (χ1v) is 11.7. The molecule has 1 amide bonds. The first-order chi connectivity index (χ1) is 16.2. The number of carbonyl (C=O) groups excluding carboxylic acids is 1. The number of amides is 1. The molecule has 0 aromatic carbocycles. The molecule has 190 valence electrons. The second kappa shape index (κ2) is 12.7. The number of hydrogen-bond donors (Lipinski definition) is 2. The zero-order chi connectivity index (χ0) is 25.4. The van der Waals surface area contributed by atoms with Crippen LogP contribution in [0.4, 0.5) is 0 Å². The van der Waals surface area contributed by atoms with E-state index in [1.807, 2.05) is 23.4 Å². The molecule has 0 spiro atoms. The van der Waals surface area contributed by atoms with Gasteiger partial charge >= 0.3 is 0 Å². The van der Waals surface area contributed by atoms with Gasteiger partial charge in [0.25, 0.3) is 18.9 Å². The number of aromatic nitrogens is 1. The second-order valence-electron chi connectivity index (χ2n) is 9.58. The van der Waals surface area contributed by atoms with Crippen molar-refractivity contribution in [3.63, 3.8) is 0 Å². The van der Waals surface area contributed by atoms with Crippen LogP contribution in [0.5, 0.6) is 0 Å². The van der Waals surface area contributed by atoms with E-state index in [1.54, 1.807) is 6.07 Å². The Morgan fingerprint density at radius 1 is 1.12 bits per heavy atom. The number of nitrogens with zero attached hydrogens (tertiary/aromatic N) is 4. The molecule has 0 saturated carbocycles. The molecule has 1 aromatic rings. The lowest BCUT2D eigenvalue weighted by Gasteiger charge is -2.57. The van der Waals surface area contributed by atoms with Gasteiger partial charge in [-0.05, 0) is 58.7 Å². The number of carboxylic acid groups (broad SMARTS) is 2. The van der Waals surface area contributed by atoms with Gasteiger partial charge in [-0.25, -0.2) is 0 Å². The van der Waals surface area contributed by atoms with Crippen molar-refractivity contribution in [2.24, 2.45) is 18.9 Å². The third-order valence-electron chi connectivity index (χ3n) is 7.20. The zero-order valence-corrected chi connectivity index (χ0v) is 20.6. The molecule has 0 radical (unpaired) electrons. The predicted octanol–water partition coefficient (Wildman–Crippen LogP) is 0.972. The summed E-state index contributed by atoms with van der Waals surface area (Å²) in [5.41, 5.74) is 1.27. The Morgan fingerprint density at radius 2 is 1.74 bits per heavy atom.